The molecule has 5 nitrogen and oxygen atoms in total. The van der Waals surface area contributed by atoms with Crippen LogP contribution in [0.4, 0.5) is 4.39 Å². The molecule has 0 radical (unpaired) electrons. The van der Waals surface area contributed by atoms with Gasteiger partial charge in [-0.15, -0.1) is 0 Å². The molecule has 0 atom stereocenters. The van der Waals surface area contributed by atoms with Crippen molar-refractivity contribution >= 4 is 5.91 Å². The maximum Gasteiger partial charge on any atom is 0.261 e. The molecule has 3 heterocycles. The molecular formula is C27H28FN3O2. The minimum Gasteiger partial charge on any atom is -0.338 e. The van der Waals surface area contributed by atoms with E-state index in [0.717, 1.165) is 72.3 Å². The summed E-state index contributed by atoms with van der Waals surface area (Å²) in [5, 5.41) is 0. The highest BCUT2D eigenvalue weighted by Gasteiger charge is 2.28. The number of benzene rings is 1. The molecule has 0 bridgehead atoms. The second kappa shape index (κ2) is 8.93. The van der Waals surface area contributed by atoms with E-state index < -0.39 is 0 Å². The maximum absolute atomic E-state index is 13.3. The summed E-state index contributed by atoms with van der Waals surface area (Å²) in [6.07, 6.45) is 5.58. The Hall–Kier alpha value is -3.28. The monoisotopic (exact) mass is 445 g/mol. The van der Waals surface area contributed by atoms with E-state index in [0.29, 0.717) is 13.1 Å². The molecule has 3 aromatic rings. The molecule has 170 valence electrons. The predicted octanol–water partition coefficient (Wildman–Crippen LogP) is 4.78. The minimum atomic E-state index is -0.271. The molecule has 1 N–H and O–H groups in total. The van der Waals surface area contributed by atoms with Gasteiger partial charge in [0.25, 0.3) is 11.5 Å². The standard InChI is InChI=1S/C27H28FN3O2/c1-17-14-21(18-6-8-22(28)9-7-18)16-25(29-17)19-10-12-31(13-11-19)27(33)23-15-20-4-2-3-5-24(20)30-26(23)32/h6-9,14-16,19H,2-5,10-13H2,1H3,(H,30,32). The molecule has 2 aliphatic rings. The number of aromatic nitrogens is 2. The molecule has 1 aromatic carbocycles. The summed E-state index contributed by atoms with van der Waals surface area (Å²) in [4.78, 5) is 35.2. The molecule has 33 heavy (non-hydrogen) atoms. The molecule has 1 fully saturated rings. The van der Waals surface area contributed by atoms with E-state index in [2.05, 4.69) is 11.1 Å². The first-order chi connectivity index (χ1) is 16.0. The van der Waals surface area contributed by atoms with Gasteiger partial charge in [-0.05, 0) is 92.5 Å². The third-order valence-corrected chi connectivity index (χ3v) is 6.92. The Labute approximate surface area is 192 Å². The highest BCUT2D eigenvalue weighted by molar-refractivity contribution is 5.94. The average Bonchev–Trinajstić information content (AvgIpc) is 2.83. The van der Waals surface area contributed by atoms with E-state index in [1.807, 2.05) is 19.1 Å². The Morgan fingerprint density at radius 2 is 1.76 bits per heavy atom. The summed E-state index contributed by atoms with van der Waals surface area (Å²) in [6, 6.07) is 12.4. The number of aryl methyl sites for hydroxylation is 3. The zero-order chi connectivity index (χ0) is 22.9. The van der Waals surface area contributed by atoms with Crippen LogP contribution in [-0.2, 0) is 12.8 Å². The first-order valence-corrected chi connectivity index (χ1v) is 11.8. The van der Waals surface area contributed by atoms with Gasteiger partial charge in [-0.1, -0.05) is 12.1 Å². The number of amides is 1. The second-order valence-corrected chi connectivity index (χ2v) is 9.22. The lowest BCUT2D eigenvalue weighted by Crippen LogP contribution is -2.40. The number of piperidine rings is 1. The van der Waals surface area contributed by atoms with Gasteiger partial charge < -0.3 is 9.88 Å². The van der Waals surface area contributed by atoms with Crippen molar-refractivity contribution < 1.29 is 9.18 Å². The van der Waals surface area contributed by atoms with Crippen LogP contribution >= 0.6 is 0 Å². The summed E-state index contributed by atoms with van der Waals surface area (Å²) in [7, 11) is 0. The van der Waals surface area contributed by atoms with Crippen LogP contribution < -0.4 is 5.56 Å². The summed E-state index contributed by atoms with van der Waals surface area (Å²) in [5.74, 6) is -0.179. The SMILES string of the molecule is Cc1cc(-c2ccc(F)cc2)cc(C2CCN(C(=O)c3cc4c([nH]c3=O)CCCC4)CC2)n1. The van der Waals surface area contributed by atoms with Crippen molar-refractivity contribution in [1.82, 2.24) is 14.9 Å². The van der Waals surface area contributed by atoms with E-state index in [4.69, 9.17) is 4.98 Å². The molecule has 5 rings (SSSR count). The number of halogens is 1. The molecule has 1 aliphatic carbocycles. The number of aromatic amines is 1. The van der Waals surface area contributed by atoms with Crippen molar-refractivity contribution in [2.75, 3.05) is 13.1 Å². The van der Waals surface area contributed by atoms with E-state index in [1.54, 1.807) is 17.0 Å². The topological polar surface area (TPSA) is 66.1 Å². The molecule has 1 aliphatic heterocycles. The average molecular weight is 446 g/mol. The Morgan fingerprint density at radius 3 is 2.52 bits per heavy atom. The van der Waals surface area contributed by atoms with Crippen molar-refractivity contribution in [3.05, 3.63) is 86.8 Å². The van der Waals surface area contributed by atoms with Crippen LogP contribution in [-0.4, -0.2) is 33.9 Å². The number of nitrogens with zero attached hydrogens (tertiary/aromatic N) is 2. The predicted molar refractivity (Wildman–Crippen MR) is 126 cm³/mol. The quantitative estimate of drug-likeness (QED) is 0.631. The lowest BCUT2D eigenvalue weighted by Gasteiger charge is -2.32. The molecule has 1 amide bonds. The molecule has 0 saturated carbocycles. The zero-order valence-corrected chi connectivity index (χ0v) is 18.9. The van der Waals surface area contributed by atoms with Crippen molar-refractivity contribution in [1.29, 1.82) is 0 Å². The van der Waals surface area contributed by atoms with Gasteiger partial charge in [0.15, 0.2) is 0 Å². The normalized spacial score (nSPS) is 16.5. The maximum atomic E-state index is 13.3. The van der Waals surface area contributed by atoms with Crippen LogP contribution in [0.3, 0.4) is 0 Å². The van der Waals surface area contributed by atoms with Gasteiger partial charge in [-0.25, -0.2) is 4.39 Å². The number of nitrogens with one attached hydrogen (secondary N) is 1. The summed E-state index contributed by atoms with van der Waals surface area (Å²) < 4.78 is 13.3. The van der Waals surface area contributed by atoms with Crippen LogP contribution in [0, 0.1) is 12.7 Å². The number of rotatable bonds is 3. The van der Waals surface area contributed by atoms with E-state index >= 15 is 0 Å². The van der Waals surface area contributed by atoms with Crippen molar-refractivity contribution in [3.8, 4) is 11.1 Å². The summed E-state index contributed by atoms with van der Waals surface area (Å²) >= 11 is 0. The van der Waals surface area contributed by atoms with Gasteiger partial charge >= 0.3 is 0 Å². The number of H-pyrrole nitrogens is 1. The van der Waals surface area contributed by atoms with Gasteiger partial charge in [0.1, 0.15) is 11.4 Å². The number of pyridine rings is 2. The summed E-state index contributed by atoms with van der Waals surface area (Å²) in [5.41, 5.74) is 6.01. The van der Waals surface area contributed by atoms with Gasteiger partial charge in [-0.2, -0.15) is 0 Å². The van der Waals surface area contributed by atoms with Crippen LogP contribution in [0.1, 0.15) is 64.6 Å². The molecule has 1 saturated heterocycles. The molecule has 0 unspecified atom stereocenters. The zero-order valence-electron chi connectivity index (χ0n) is 18.9. The third kappa shape index (κ3) is 4.47. The van der Waals surface area contributed by atoms with Gasteiger partial charge in [0.05, 0.1) is 0 Å². The molecular weight excluding hydrogens is 417 g/mol. The Morgan fingerprint density at radius 1 is 1.03 bits per heavy atom. The number of carbonyl (C=O) groups excluding carboxylic acids is 1. The number of carbonyl (C=O) groups is 1. The fourth-order valence-electron chi connectivity index (χ4n) is 5.09. The van der Waals surface area contributed by atoms with Crippen molar-refractivity contribution in [3.63, 3.8) is 0 Å². The van der Waals surface area contributed by atoms with Crippen molar-refractivity contribution in [2.45, 2.75) is 51.4 Å². The Kier molecular flexibility index (Phi) is 5.83. The minimum absolute atomic E-state index is 0.174. The van der Waals surface area contributed by atoms with Crippen LogP contribution in [0.2, 0.25) is 0 Å². The van der Waals surface area contributed by atoms with E-state index in [-0.39, 0.29) is 28.8 Å². The number of hydrogen-bond acceptors (Lipinski definition) is 3. The smallest absolute Gasteiger partial charge is 0.261 e. The van der Waals surface area contributed by atoms with Gasteiger partial charge in [-0.3, -0.25) is 14.6 Å². The van der Waals surface area contributed by atoms with Crippen LogP contribution in [0.15, 0.2) is 47.3 Å². The first-order valence-electron chi connectivity index (χ1n) is 11.8. The van der Waals surface area contributed by atoms with E-state index in [9.17, 15) is 14.0 Å². The van der Waals surface area contributed by atoms with Crippen molar-refractivity contribution in [2.24, 2.45) is 0 Å². The van der Waals surface area contributed by atoms with Gasteiger partial charge in [0.2, 0.25) is 0 Å². The van der Waals surface area contributed by atoms with E-state index in [1.165, 1.54) is 12.1 Å². The van der Waals surface area contributed by atoms with Crippen LogP contribution in [0.25, 0.3) is 11.1 Å². The fourth-order valence-corrected chi connectivity index (χ4v) is 5.09. The third-order valence-electron chi connectivity index (χ3n) is 6.92. The lowest BCUT2D eigenvalue weighted by atomic mass is 9.90. The Bertz CT molecular complexity index is 1240. The molecule has 6 heteroatoms. The highest BCUT2D eigenvalue weighted by Crippen LogP contribution is 2.31. The molecule has 2 aromatic heterocycles. The molecule has 0 spiro atoms. The number of fused-ring (bicyclic) bond motifs is 1. The highest BCUT2D eigenvalue weighted by atomic mass is 19.1. The summed E-state index contributed by atoms with van der Waals surface area (Å²) in [6.45, 7) is 3.17. The fraction of sp³-hybridized carbons (Fsp3) is 0.370. The number of hydrogen-bond donors (Lipinski definition) is 1. The lowest BCUT2D eigenvalue weighted by molar-refractivity contribution is 0.0710. The second-order valence-electron chi connectivity index (χ2n) is 9.22. The number of likely N-dealkylation sites (tertiary alicyclic amines) is 1. The first kappa shape index (κ1) is 21.6. The van der Waals surface area contributed by atoms with Gasteiger partial charge in [0, 0.05) is 36.1 Å². The van der Waals surface area contributed by atoms with Crippen LogP contribution in [0.5, 0.6) is 0 Å². The largest absolute Gasteiger partial charge is 0.338 e. The Balaban J connectivity index is 1.31.